The Morgan fingerprint density at radius 2 is 2.06 bits per heavy atom. The molecule has 3 aliphatic heterocycles. The Balaban J connectivity index is 1.15. The standard InChI is InChI=1S/C23H30FN3O4/c1-28-10-11-29-21-3-2-18(24)12-20(21)17-4-7-26(8-5-17)19-13-23(31-14-19)15-27(16-23)22-25-6-9-30-22/h2-3,6,9,12,17,19H,4-5,7-8,10-11,13-16H2,1H3/t19-/m0/s1. The van der Waals surface area contributed by atoms with Gasteiger partial charge in [-0.25, -0.2) is 9.37 Å². The summed E-state index contributed by atoms with van der Waals surface area (Å²) >= 11 is 0. The molecule has 168 valence electrons. The fourth-order valence-corrected chi connectivity index (χ4v) is 5.21. The highest BCUT2D eigenvalue weighted by atomic mass is 19.1. The fraction of sp³-hybridized carbons (Fsp3) is 0.609. The summed E-state index contributed by atoms with van der Waals surface area (Å²) in [6, 6.07) is 5.98. The number of halogens is 1. The van der Waals surface area contributed by atoms with Crippen LogP contribution in [0.5, 0.6) is 5.75 Å². The molecular formula is C23H30FN3O4. The number of anilines is 1. The first-order valence-corrected chi connectivity index (χ1v) is 11.1. The summed E-state index contributed by atoms with van der Waals surface area (Å²) in [5.41, 5.74) is 0.913. The van der Waals surface area contributed by atoms with Crippen molar-refractivity contribution in [1.29, 1.82) is 0 Å². The average molecular weight is 432 g/mol. The van der Waals surface area contributed by atoms with Crippen molar-refractivity contribution < 1.29 is 23.0 Å². The summed E-state index contributed by atoms with van der Waals surface area (Å²) in [5.74, 6) is 0.884. The summed E-state index contributed by atoms with van der Waals surface area (Å²) in [7, 11) is 1.65. The number of aromatic nitrogens is 1. The van der Waals surface area contributed by atoms with E-state index < -0.39 is 0 Å². The van der Waals surface area contributed by atoms with E-state index in [1.807, 2.05) is 0 Å². The zero-order chi connectivity index (χ0) is 21.3. The number of methoxy groups -OCH3 is 1. The lowest BCUT2D eigenvalue weighted by atomic mass is 9.86. The molecule has 0 radical (unpaired) electrons. The van der Waals surface area contributed by atoms with E-state index in [4.69, 9.17) is 18.6 Å². The molecule has 3 saturated heterocycles. The zero-order valence-corrected chi connectivity index (χ0v) is 18.0. The Morgan fingerprint density at radius 1 is 1.23 bits per heavy atom. The molecule has 0 amide bonds. The molecule has 7 nitrogen and oxygen atoms in total. The molecule has 0 bridgehead atoms. The van der Waals surface area contributed by atoms with Crippen LogP contribution in [0.25, 0.3) is 0 Å². The van der Waals surface area contributed by atoms with Gasteiger partial charge >= 0.3 is 0 Å². The molecular weight excluding hydrogens is 401 g/mol. The molecule has 1 aromatic heterocycles. The molecule has 0 saturated carbocycles. The highest BCUT2D eigenvalue weighted by molar-refractivity contribution is 5.38. The predicted molar refractivity (Wildman–Crippen MR) is 113 cm³/mol. The van der Waals surface area contributed by atoms with Gasteiger partial charge in [-0.15, -0.1) is 0 Å². The average Bonchev–Trinajstić information content (AvgIpc) is 3.44. The highest BCUT2D eigenvalue weighted by Crippen LogP contribution is 2.41. The van der Waals surface area contributed by atoms with Crippen molar-refractivity contribution in [2.75, 3.05) is 58.0 Å². The van der Waals surface area contributed by atoms with E-state index in [9.17, 15) is 4.39 Å². The van der Waals surface area contributed by atoms with Crippen LogP contribution in [0.15, 0.2) is 35.1 Å². The molecule has 1 aromatic carbocycles. The maximum Gasteiger partial charge on any atom is 0.297 e. The van der Waals surface area contributed by atoms with Crippen molar-refractivity contribution in [1.82, 2.24) is 9.88 Å². The minimum absolute atomic E-state index is 0.0685. The van der Waals surface area contributed by atoms with Crippen LogP contribution in [0.4, 0.5) is 10.4 Å². The Hall–Kier alpha value is -2.16. The van der Waals surface area contributed by atoms with Crippen molar-refractivity contribution in [3.8, 4) is 5.75 Å². The number of benzene rings is 1. The molecule has 4 heterocycles. The van der Waals surface area contributed by atoms with Gasteiger partial charge in [0, 0.05) is 18.7 Å². The van der Waals surface area contributed by atoms with Gasteiger partial charge < -0.3 is 23.5 Å². The maximum atomic E-state index is 14.0. The summed E-state index contributed by atoms with van der Waals surface area (Å²) in [4.78, 5) is 8.90. The number of likely N-dealkylation sites (tertiary alicyclic amines) is 1. The smallest absolute Gasteiger partial charge is 0.297 e. The number of nitrogens with zero attached hydrogens (tertiary/aromatic N) is 3. The van der Waals surface area contributed by atoms with E-state index in [1.54, 1.807) is 31.7 Å². The Kier molecular flexibility index (Phi) is 5.86. The Morgan fingerprint density at radius 3 is 2.81 bits per heavy atom. The van der Waals surface area contributed by atoms with E-state index in [0.717, 1.165) is 63.4 Å². The fourth-order valence-electron chi connectivity index (χ4n) is 5.21. The molecule has 5 rings (SSSR count). The SMILES string of the molecule is COCCOc1ccc(F)cc1C1CCN([C@@H]2COC3(C2)CN(c2ncco2)C3)CC1. The van der Waals surface area contributed by atoms with E-state index >= 15 is 0 Å². The van der Waals surface area contributed by atoms with Crippen LogP contribution in [0.2, 0.25) is 0 Å². The predicted octanol–water partition coefficient (Wildman–Crippen LogP) is 3.07. The maximum absolute atomic E-state index is 14.0. The van der Waals surface area contributed by atoms with E-state index in [0.29, 0.717) is 31.2 Å². The van der Waals surface area contributed by atoms with Gasteiger partial charge in [-0.1, -0.05) is 0 Å². The summed E-state index contributed by atoms with van der Waals surface area (Å²) < 4.78 is 36.5. The monoisotopic (exact) mass is 431 g/mol. The van der Waals surface area contributed by atoms with E-state index in [1.165, 1.54) is 6.07 Å². The lowest BCUT2D eigenvalue weighted by Crippen LogP contribution is -2.62. The van der Waals surface area contributed by atoms with Gasteiger partial charge in [0.15, 0.2) is 0 Å². The Labute approximate surface area is 182 Å². The third kappa shape index (κ3) is 4.29. The van der Waals surface area contributed by atoms with Crippen molar-refractivity contribution in [3.05, 3.63) is 42.0 Å². The van der Waals surface area contributed by atoms with E-state index in [2.05, 4.69) is 14.8 Å². The number of hydrogen-bond donors (Lipinski definition) is 0. The van der Waals surface area contributed by atoms with Gasteiger partial charge in [0.1, 0.15) is 30.0 Å². The summed E-state index contributed by atoms with van der Waals surface area (Å²) in [6.07, 6.45) is 6.32. The molecule has 0 unspecified atom stereocenters. The minimum Gasteiger partial charge on any atom is -0.491 e. The molecule has 31 heavy (non-hydrogen) atoms. The molecule has 8 heteroatoms. The molecule has 1 atom stereocenters. The van der Waals surface area contributed by atoms with Gasteiger partial charge in [0.25, 0.3) is 6.01 Å². The van der Waals surface area contributed by atoms with Crippen molar-refractivity contribution in [2.45, 2.75) is 36.8 Å². The van der Waals surface area contributed by atoms with Crippen LogP contribution in [0.1, 0.15) is 30.7 Å². The number of ether oxygens (including phenoxy) is 3. The topological polar surface area (TPSA) is 60.2 Å². The lowest BCUT2D eigenvalue weighted by molar-refractivity contribution is -0.0215. The first kappa shape index (κ1) is 20.7. The quantitative estimate of drug-likeness (QED) is 0.625. The Bertz CT molecular complexity index is 864. The number of oxazole rings is 1. The van der Waals surface area contributed by atoms with Gasteiger partial charge in [-0.2, -0.15) is 0 Å². The van der Waals surface area contributed by atoms with Crippen LogP contribution >= 0.6 is 0 Å². The van der Waals surface area contributed by atoms with Gasteiger partial charge in [0.05, 0.1) is 32.5 Å². The third-order valence-corrected chi connectivity index (χ3v) is 6.84. The van der Waals surface area contributed by atoms with Crippen LogP contribution in [-0.4, -0.2) is 74.6 Å². The van der Waals surface area contributed by atoms with Gasteiger partial charge in [-0.05, 0) is 56.5 Å². The van der Waals surface area contributed by atoms with Crippen molar-refractivity contribution >= 4 is 6.01 Å². The largest absolute Gasteiger partial charge is 0.491 e. The normalized spacial score (nSPS) is 23.9. The van der Waals surface area contributed by atoms with Crippen molar-refractivity contribution in [3.63, 3.8) is 0 Å². The van der Waals surface area contributed by atoms with Crippen LogP contribution in [0, 0.1) is 5.82 Å². The van der Waals surface area contributed by atoms with Gasteiger partial charge in [0.2, 0.25) is 0 Å². The number of rotatable bonds is 7. The second-order valence-corrected chi connectivity index (χ2v) is 8.86. The third-order valence-electron chi connectivity index (χ3n) is 6.84. The van der Waals surface area contributed by atoms with Gasteiger partial charge in [-0.3, -0.25) is 4.90 Å². The second kappa shape index (κ2) is 8.76. The molecule has 0 N–H and O–H groups in total. The zero-order valence-electron chi connectivity index (χ0n) is 18.0. The summed E-state index contributed by atoms with van der Waals surface area (Å²) in [5, 5.41) is 0. The lowest BCUT2D eigenvalue weighted by Gasteiger charge is -2.46. The molecule has 3 fully saturated rings. The number of piperidine rings is 1. The first-order chi connectivity index (χ1) is 15.2. The van der Waals surface area contributed by atoms with E-state index in [-0.39, 0.29) is 11.4 Å². The molecule has 3 aliphatic rings. The molecule has 1 spiro atoms. The number of hydrogen-bond acceptors (Lipinski definition) is 7. The second-order valence-electron chi connectivity index (χ2n) is 8.86. The molecule has 0 aliphatic carbocycles. The van der Waals surface area contributed by atoms with Crippen LogP contribution in [-0.2, 0) is 9.47 Å². The van der Waals surface area contributed by atoms with Crippen LogP contribution in [0.3, 0.4) is 0 Å². The molecule has 2 aromatic rings. The minimum atomic E-state index is -0.205. The highest BCUT2D eigenvalue weighted by Gasteiger charge is 2.52. The van der Waals surface area contributed by atoms with Crippen LogP contribution < -0.4 is 9.64 Å². The summed E-state index contributed by atoms with van der Waals surface area (Å²) in [6.45, 7) is 5.43. The first-order valence-electron chi connectivity index (χ1n) is 11.1. The van der Waals surface area contributed by atoms with Crippen molar-refractivity contribution in [2.24, 2.45) is 0 Å².